The molecule has 0 fully saturated rings. The number of nitrogen functional groups attached to an aromatic ring is 1. The zero-order valence-corrected chi connectivity index (χ0v) is 8.75. The van der Waals surface area contributed by atoms with E-state index in [1.165, 1.54) is 0 Å². The van der Waals surface area contributed by atoms with Gasteiger partial charge in [0, 0.05) is 12.4 Å². The third-order valence-electron chi connectivity index (χ3n) is 2.43. The Morgan fingerprint density at radius 3 is 2.65 bits per heavy atom. The van der Waals surface area contributed by atoms with Gasteiger partial charge in [-0.15, -0.1) is 0 Å². The number of H-pyrrole nitrogens is 2. The van der Waals surface area contributed by atoms with Crippen molar-refractivity contribution in [2.75, 3.05) is 5.73 Å². The van der Waals surface area contributed by atoms with Gasteiger partial charge in [-0.1, -0.05) is 0 Å². The number of nitrogens with two attached hydrogens (primary N) is 1. The van der Waals surface area contributed by atoms with Gasteiger partial charge in [-0.2, -0.15) is 20.5 Å². The summed E-state index contributed by atoms with van der Waals surface area (Å²) in [7, 11) is 0. The van der Waals surface area contributed by atoms with E-state index < -0.39 is 0 Å². The lowest BCUT2D eigenvalue weighted by atomic mass is 10.1. The molecule has 0 saturated carbocycles. The van der Waals surface area contributed by atoms with Gasteiger partial charge in [0.25, 0.3) is 0 Å². The second-order valence-electron chi connectivity index (χ2n) is 3.45. The summed E-state index contributed by atoms with van der Waals surface area (Å²) >= 11 is 0. The molecule has 3 heterocycles. The number of anilines is 1. The van der Waals surface area contributed by atoms with Crippen molar-refractivity contribution >= 4 is 5.82 Å². The highest BCUT2D eigenvalue weighted by atomic mass is 15.3. The minimum Gasteiger partial charge on any atom is -0.382 e. The Labute approximate surface area is 96.1 Å². The van der Waals surface area contributed by atoms with Gasteiger partial charge in [-0.3, -0.25) is 10.1 Å². The molecule has 0 unspecified atom stereocenters. The van der Waals surface area contributed by atoms with E-state index in [9.17, 15) is 0 Å². The minimum absolute atomic E-state index is 0.425. The van der Waals surface area contributed by atoms with E-state index in [1.54, 1.807) is 18.6 Å². The Hall–Kier alpha value is -2.70. The average Bonchev–Trinajstić information content (AvgIpc) is 2.98. The number of aromatic nitrogens is 6. The maximum atomic E-state index is 5.86. The summed E-state index contributed by atoms with van der Waals surface area (Å²) in [5.41, 5.74) is 9.01. The zero-order valence-electron chi connectivity index (χ0n) is 8.75. The van der Waals surface area contributed by atoms with E-state index in [4.69, 9.17) is 5.73 Å². The SMILES string of the molecule is Nc1n[nH]c(-c2cn[nH]n2)c1-c1ccncc1. The van der Waals surface area contributed by atoms with Gasteiger partial charge in [-0.05, 0) is 17.7 Å². The molecule has 3 aromatic rings. The topological polar surface area (TPSA) is 109 Å². The Morgan fingerprint density at radius 2 is 1.94 bits per heavy atom. The smallest absolute Gasteiger partial charge is 0.153 e. The van der Waals surface area contributed by atoms with Gasteiger partial charge in [0.2, 0.25) is 0 Å². The zero-order chi connectivity index (χ0) is 11.7. The van der Waals surface area contributed by atoms with Crippen LogP contribution in [-0.4, -0.2) is 30.6 Å². The summed E-state index contributed by atoms with van der Waals surface area (Å²) in [6, 6.07) is 3.73. The molecule has 4 N–H and O–H groups in total. The predicted molar refractivity (Wildman–Crippen MR) is 61.6 cm³/mol. The van der Waals surface area contributed by atoms with Crippen molar-refractivity contribution in [3.8, 4) is 22.5 Å². The van der Waals surface area contributed by atoms with E-state index in [1.807, 2.05) is 12.1 Å². The molecule has 7 nitrogen and oxygen atoms in total. The molecule has 17 heavy (non-hydrogen) atoms. The Balaban J connectivity index is 2.20. The fourth-order valence-corrected chi connectivity index (χ4v) is 1.67. The van der Waals surface area contributed by atoms with Crippen molar-refractivity contribution in [3.05, 3.63) is 30.7 Å². The molecule has 3 rings (SSSR count). The summed E-state index contributed by atoms with van der Waals surface area (Å²) < 4.78 is 0. The second-order valence-corrected chi connectivity index (χ2v) is 3.45. The van der Waals surface area contributed by atoms with E-state index in [-0.39, 0.29) is 0 Å². The summed E-state index contributed by atoms with van der Waals surface area (Å²) in [5, 5.41) is 17.2. The van der Waals surface area contributed by atoms with Crippen LogP contribution in [0.4, 0.5) is 5.82 Å². The van der Waals surface area contributed by atoms with Crippen LogP contribution in [0.25, 0.3) is 22.5 Å². The molecule has 0 saturated heterocycles. The largest absolute Gasteiger partial charge is 0.382 e. The third kappa shape index (κ3) is 1.53. The molecule has 0 spiro atoms. The van der Waals surface area contributed by atoms with Gasteiger partial charge in [0.05, 0.1) is 17.5 Å². The number of rotatable bonds is 2. The van der Waals surface area contributed by atoms with Gasteiger partial charge < -0.3 is 5.73 Å². The molecule has 0 aromatic carbocycles. The van der Waals surface area contributed by atoms with E-state index in [0.29, 0.717) is 11.5 Å². The number of pyridine rings is 1. The highest BCUT2D eigenvalue weighted by molar-refractivity contribution is 5.86. The number of aromatic amines is 2. The van der Waals surface area contributed by atoms with Crippen molar-refractivity contribution in [1.29, 1.82) is 0 Å². The van der Waals surface area contributed by atoms with Crippen LogP contribution in [0.15, 0.2) is 30.7 Å². The maximum absolute atomic E-state index is 5.86. The molecule has 0 atom stereocenters. The van der Waals surface area contributed by atoms with E-state index in [2.05, 4.69) is 30.6 Å². The first-order chi connectivity index (χ1) is 8.36. The summed E-state index contributed by atoms with van der Waals surface area (Å²) in [4.78, 5) is 3.97. The average molecular weight is 227 g/mol. The van der Waals surface area contributed by atoms with Crippen LogP contribution in [-0.2, 0) is 0 Å². The molecule has 3 aromatic heterocycles. The van der Waals surface area contributed by atoms with Gasteiger partial charge >= 0.3 is 0 Å². The standard InChI is InChI=1S/C10H9N7/c11-10-8(6-1-3-12-4-2-6)9(15-16-10)7-5-13-17-14-7/h1-5H,(H3,11,15,16)(H,13,14,17). The van der Waals surface area contributed by atoms with Crippen LogP contribution in [0.2, 0.25) is 0 Å². The third-order valence-corrected chi connectivity index (χ3v) is 2.43. The van der Waals surface area contributed by atoms with Crippen LogP contribution in [0.5, 0.6) is 0 Å². The molecular formula is C10H9N7. The summed E-state index contributed by atoms with van der Waals surface area (Å²) in [6.45, 7) is 0. The predicted octanol–water partition coefficient (Wildman–Crippen LogP) is 0.839. The van der Waals surface area contributed by atoms with Crippen LogP contribution in [0.3, 0.4) is 0 Å². The first-order valence-corrected chi connectivity index (χ1v) is 4.96. The first-order valence-electron chi connectivity index (χ1n) is 4.96. The molecule has 0 bridgehead atoms. The van der Waals surface area contributed by atoms with Crippen molar-refractivity contribution in [3.63, 3.8) is 0 Å². The Bertz CT molecular complexity index is 611. The normalized spacial score (nSPS) is 10.6. The van der Waals surface area contributed by atoms with Crippen molar-refractivity contribution in [1.82, 2.24) is 30.6 Å². The molecule has 84 valence electrons. The number of hydrogen-bond acceptors (Lipinski definition) is 5. The lowest BCUT2D eigenvalue weighted by Crippen LogP contribution is -1.89. The van der Waals surface area contributed by atoms with Gasteiger partial charge in [0.15, 0.2) is 5.82 Å². The molecule has 0 aliphatic heterocycles. The van der Waals surface area contributed by atoms with E-state index >= 15 is 0 Å². The van der Waals surface area contributed by atoms with Crippen LogP contribution >= 0.6 is 0 Å². The molecule has 0 amide bonds. The maximum Gasteiger partial charge on any atom is 0.153 e. The fraction of sp³-hybridized carbons (Fsp3) is 0. The number of hydrogen-bond donors (Lipinski definition) is 3. The Kier molecular flexibility index (Phi) is 2.08. The van der Waals surface area contributed by atoms with Crippen molar-refractivity contribution < 1.29 is 0 Å². The molecular weight excluding hydrogens is 218 g/mol. The van der Waals surface area contributed by atoms with Crippen molar-refractivity contribution in [2.45, 2.75) is 0 Å². The lowest BCUT2D eigenvalue weighted by Gasteiger charge is -2.00. The van der Waals surface area contributed by atoms with Gasteiger partial charge in [0.1, 0.15) is 5.69 Å². The molecule has 0 aliphatic rings. The Morgan fingerprint density at radius 1 is 1.12 bits per heavy atom. The highest BCUT2D eigenvalue weighted by Crippen LogP contribution is 2.32. The molecule has 0 aliphatic carbocycles. The number of nitrogens with zero attached hydrogens (tertiary/aromatic N) is 4. The quantitative estimate of drug-likeness (QED) is 0.601. The monoisotopic (exact) mass is 227 g/mol. The fourth-order valence-electron chi connectivity index (χ4n) is 1.67. The number of nitrogens with one attached hydrogen (secondary N) is 2. The summed E-state index contributed by atoms with van der Waals surface area (Å²) in [6.07, 6.45) is 5.01. The van der Waals surface area contributed by atoms with Crippen LogP contribution in [0.1, 0.15) is 0 Å². The highest BCUT2D eigenvalue weighted by Gasteiger charge is 2.16. The second kappa shape index (κ2) is 3.71. The van der Waals surface area contributed by atoms with Crippen molar-refractivity contribution in [2.24, 2.45) is 0 Å². The van der Waals surface area contributed by atoms with Gasteiger partial charge in [-0.25, -0.2) is 0 Å². The molecule has 7 heteroatoms. The van der Waals surface area contributed by atoms with E-state index in [0.717, 1.165) is 16.8 Å². The van der Waals surface area contributed by atoms with Crippen LogP contribution < -0.4 is 5.73 Å². The summed E-state index contributed by atoms with van der Waals surface area (Å²) in [5.74, 6) is 0.425. The lowest BCUT2D eigenvalue weighted by molar-refractivity contribution is 0.940. The minimum atomic E-state index is 0.425. The molecule has 0 radical (unpaired) electrons. The first kappa shape index (κ1) is 9.52. The van der Waals surface area contributed by atoms with Crippen LogP contribution in [0, 0.1) is 0 Å².